The van der Waals surface area contributed by atoms with Gasteiger partial charge in [0.1, 0.15) is 0 Å². The van der Waals surface area contributed by atoms with E-state index in [1.54, 1.807) is 0 Å². The summed E-state index contributed by atoms with van der Waals surface area (Å²) in [6, 6.07) is 0. The van der Waals surface area contributed by atoms with Crippen LogP contribution in [-0.2, 0) is 0 Å². The minimum Gasteiger partial charge on any atom is -0.304 e. The average molecular weight is 258 g/mol. The van der Waals surface area contributed by atoms with E-state index < -0.39 is 0 Å². The molecule has 0 aromatic heterocycles. The molecule has 0 aromatic carbocycles. The molecule has 0 amide bonds. The maximum absolute atomic E-state index is 3.13. The minimum absolute atomic E-state index is 1.15. The zero-order chi connectivity index (χ0) is 13.4. The first kappa shape index (κ1) is 15.8. The van der Waals surface area contributed by atoms with E-state index in [9.17, 15) is 0 Å². The van der Waals surface area contributed by atoms with Gasteiger partial charge in [0.05, 0.1) is 0 Å². The predicted octanol–water partition coefficient (Wildman–Crippen LogP) is -1.26. The van der Waals surface area contributed by atoms with Crippen LogP contribution in [0.25, 0.3) is 0 Å². The second-order valence-corrected chi connectivity index (χ2v) is 5.03. The van der Waals surface area contributed by atoms with Gasteiger partial charge in [-0.05, 0) is 28.2 Å². The molecule has 2 heterocycles. The number of nitrogens with zero attached hydrogens (tertiary/aromatic N) is 4. The summed E-state index contributed by atoms with van der Waals surface area (Å²) in [7, 11) is 8.27. The third-order valence-electron chi connectivity index (χ3n) is 3.64. The van der Waals surface area contributed by atoms with E-state index in [0.717, 1.165) is 26.2 Å². The lowest BCUT2D eigenvalue weighted by Crippen LogP contribution is -2.49. The second kappa shape index (κ2) is 8.79. The number of nitrogens with one attached hydrogen (secondary N) is 2. The Balaban J connectivity index is 0.000000180. The molecule has 2 aliphatic heterocycles. The van der Waals surface area contributed by atoms with E-state index in [4.69, 9.17) is 0 Å². The molecule has 0 unspecified atom stereocenters. The number of rotatable bonds is 2. The molecule has 0 radical (unpaired) electrons. The zero-order valence-electron chi connectivity index (χ0n) is 12.4. The third kappa shape index (κ3) is 6.08. The van der Waals surface area contributed by atoms with Crippen LogP contribution in [-0.4, -0.2) is 100 Å². The lowest BCUT2D eigenvalue weighted by molar-refractivity contribution is 0.115. The summed E-state index contributed by atoms with van der Waals surface area (Å²) in [5, 5.41) is 4.47. The molecule has 6 nitrogen and oxygen atoms in total. The number of hydrogen-bond donors (Lipinski definition) is 2. The first-order chi connectivity index (χ1) is 8.65. The quantitative estimate of drug-likeness (QED) is 0.644. The van der Waals surface area contributed by atoms with Crippen LogP contribution in [0, 0.1) is 0 Å². The first-order valence-electron chi connectivity index (χ1n) is 6.87. The van der Waals surface area contributed by atoms with Gasteiger partial charge in [0, 0.05) is 52.4 Å². The van der Waals surface area contributed by atoms with Crippen molar-refractivity contribution < 1.29 is 0 Å². The highest BCUT2D eigenvalue weighted by molar-refractivity contribution is 4.65. The van der Waals surface area contributed by atoms with Crippen molar-refractivity contribution in [2.75, 3.05) is 80.5 Å². The van der Waals surface area contributed by atoms with E-state index in [1.165, 1.54) is 26.2 Å². The van der Waals surface area contributed by atoms with Crippen LogP contribution in [0.5, 0.6) is 0 Å². The van der Waals surface area contributed by atoms with Crippen molar-refractivity contribution in [3.05, 3.63) is 0 Å². The third-order valence-corrected chi connectivity index (χ3v) is 3.64. The van der Waals surface area contributed by atoms with Gasteiger partial charge in [-0.25, -0.2) is 10.0 Å². The summed E-state index contributed by atoms with van der Waals surface area (Å²) < 4.78 is 0. The smallest absolute Gasteiger partial charge is 0.0259 e. The number of hydrazine groups is 2. The molecule has 0 bridgehead atoms. The maximum Gasteiger partial charge on any atom is 0.0259 e. The molecule has 0 aliphatic carbocycles. The van der Waals surface area contributed by atoms with Crippen LogP contribution >= 0.6 is 0 Å². The fourth-order valence-corrected chi connectivity index (χ4v) is 2.06. The van der Waals surface area contributed by atoms with E-state index >= 15 is 0 Å². The Labute approximate surface area is 112 Å². The molecule has 18 heavy (non-hydrogen) atoms. The van der Waals surface area contributed by atoms with Crippen LogP contribution in [0.2, 0.25) is 0 Å². The van der Waals surface area contributed by atoms with Crippen molar-refractivity contribution in [3.63, 3.8) is 0 Å². The van der Waals surface area contributed by atoms with E-state index in [-0.39, 0.29) is 0 Å². The van der Waals surface area contributed by atoms with Crippen molar-refractivity contribution in [1.29, 1.82) is 0 Å². The Morgan fingerprint density at radius 3 is 1.06 bits per heavy atom. The minimum atomic E-state index is 1.15. The Bertz CT molecular complexity index is 175. The average Bonchev–Trinajstić information content (AvgIpc) is 2.41. The summed E-state index contributed by atoms with van der Waals surface area (Å²) in [5.74, 6) is 0. The zero-order valence-corrected chi connectivity index (χ0v) is 12.4. The fraction of sp³-hybridized carbons (Fsp3) is 1.00. The van der Waals surface area contributed by atoms with Crippen molar-refractivity contribution in [1.82, 2.24) is 30.7 Å². The highest BCUT2D eigenvalue weighted by Crippen LogP contribution is 1.94. The lowest BCUT2D eigenvalue weighted by atomic mass is 10.4. The number of hydrogen-bond acceptors (Lipinski definition) is 6. The molecule has 2 N–H and O–H groups in total. The van der Waals surface area contributed by atoms with Crippen molar-refractivity contribution in [3.8, 4) is 0 Å². The van der Waals surface area contributed by atoms with Crippen molar-refractivity contribution in [2.45, 2.75) is 0 Å². The molecule has 2 saturated heterocycles. The van der Waals surface area contributed by atoms with Gasteiger partial charge < -0.3 is 9.80 Å². The van der Waals surface area contributed by atoms with E-state index in [2.05, 4.69) is 44.8 Å². The molecule has 0 spiro atoms. The molecular weight excluding hydrogens is 228 g/mol. The molecule has 6 heteroatoms. The Hall–Kier alpha value is -0.240. The van der Waals surface area contributed by atoms with E-state index in [1.807, 2.05) is 14.1 Å². The Morgan fingerprint density at radius 2 is 0.833 bits per heavy atom. The molecular formula is C12H30N6. The van der Waals surface area contributed by atoms with Crippen LogP contribution < -0.4 is 10.9 Å². The molecule has 108 valence electrons. The predicted molar refractivity (Wildman–Crippen MR) is 76.3 cm³/mol. The van der Waals surface area contributed by atoms with Crippen LogP contribution in [0.4, 0.5) is 0 Å². The van der Waals surface area contributed by atoms with Gasteiger partial charge in [0.15, 0.2) is 0 Å². The highest BCUT2D eigenvalue weighted by atomic mass is 15.5. The molecule has 0 saturated carbocycles. The fourth-order valence-electron chi connectivity index (χ4n) is 2.06. The number of likely N-dealkylation sites (N-methyl/N-ethyl adjacent to an activating group) is 2. The molecule has 0 aromatic rings. The highest BCUT2D eigenvalue weighted by Gasteiger charge is 2.11. The summed E-state index contributed by atoms with van der Waals surface area (Å²) in [5.41, 5.74) is 6.26. The van der Waals surface area contributed by atoms with Gasteiger partial charge >= 0.3 is 0 Å². The summed E-state index contributed by atoms with van der Waals surface area (Å²) in [6.07, 6.45) is 0. The van der Waals surface area contributed by atoms with Crippen LogP contribution in [0.3, 0.4) is 0 Å². The summed E-state index contributed by atoms with van der Waals surface area (Å²) in [4.78, 5) is 4.68. The van der Waals surface area contributed by atoms with Crippen LogP contribution in [0.15, 0.2) is 0 Å². The van der Waals surface area contributed by atoms with Gasteiger partial charge in [0.25, 0.3) is 0 Å². The van der Waals surface area contributed by atoms with Gasteiger partial charge in [-0.2, -0.15) is 0 Å². The van der Waals surface area contributed by atoms with Crippen LogP contribution in [0.1, 0.15) is 0 Å². The maximum atomic E-state index is 3.13. The standard InChI is InChI=1S/2C6H15N3/c2*1-7-9-5-3-8(2)4-6-9/h2*7H,3-6H2,1-2H3. The Kier molecular flexibility index (Phi) is 7.73. The summed E-state index contributed by atoms with van der Waals surface area (Å²) in [6.45, 7) is 9.31. The number of piperazine rings is 2. The van der Waals surface area contributed by atoms with Gasteiger partial charge in [-0.15, -0.1) is 0 Å². The molecule has 2 aliphatic rings. The van der Waals surface area contributed by atoms with Crippen molar-refractivity contribution >= 4 is 0 Å². The summed E-state index contributed by atoms with van der Waals surface area (Å²) >= 11 is 0. The Morgan fingerprint density at radius 1 is 0.556 bits per heavy atom. The van der Waals surface area contributed by atoms with Gasteiger partial charge in [-0.1, -0.05) is 0 Å². The molecule has 2 fully saturated rings. The SMILES string of the molecule is CNN1CCN(C)CC1.CNN1CCN(C)CC1. The second-order valence-electron chi connectivity index (χ2n) is 5.03. The van der Waals surface area contributed by atoms with Crippen molar-refractivity contribution in [2.24, 2.45) is 0 Å². The lowest BCUT2D eigenvalue weighted by Gasteiger charge is -2.31. The molecule has 2 rings (SSSR count). The van der Waals surface area contributed by atoms with Gasteiger partial charge in [-0.3, -0.25) is 10.9 Å². The largest absolute Gasteiger partial charge is 0.304 e. The normalized spacial score (nSPS) is 24.7. The monoisotopic (exact) mass is 258 g/mol. The van der Waals surface area contributed by atoms with E-state index in [0.29, 0.717) is 0 Å². The first-order valence-corrected chi connectivity index (χ1v) is 6.87. The molecule has 0 atom stereocenters. The van der Waals surface area contributed by atoms with Gasteiger partial charge in [0.2, 0.25) is 0 Å². The topological polar surface area (TPSA) is 37.0 Å².